The van der Waals surface area contributed by atoms with Crippen LogP contribution in [0.15, 0.2) is 35.0 Å². The third kappa shape index (κ3) is 3.68. The number of thiophene rings is 1. The smallest absolute Gasteiger partial charge is 0.302 e. The number of ketones is 1. The second-order valence-corrected chi connectivity index (χ2v) is 8.27. The van der Waals surface area contributed by atoms with Crippen LogP contribution in [0.2, 0.25) is 0 Å². The molecular weight excluding hydrogens is 414 g/mol. The molecule has 0 saturated heterocycles. The van der Waals surface area contributed by atoms with E-state index >= 15 is 0 Å². The number of carbonyl (C=O) groups excluding carboxylic acids is 2. The fourth-order valence-corrected chi connectivity index (χ4v) is 4.66. The van der Waals surface area contributed by atoms with Crippen LogP contribution in [0.1, 0.15) is 45.1 Å². The monoisotopic (exact) mass is 436 g/mol. The van der Waals surface area contributed by atoms with Gasteiger partial charge in [0.1, 0.15) is 9.71 Å². The molecule has 0 fully saturated rings. The molecule has 0 unspecified atom stereocenters. The van der Waals surface area contributed by atoms with Crippen molar-refractivity contribution in [2.75, 3.05) is 11.1 Å². The molecule has 31 heavy (non-hydrogen) atoms. The van der Waals surface area contributed by atoms with Crippen LogP contribution >= 0.6 is 11.3 Å². The second kappa shape index (κ2) is 7.92. The number of carbonyl (C=O) groups is 2. The average Bonchev–Trinajstić information content (AvgIpc) is 3.29. The first kappa shape index (κ1) is 20.7. The van der Waals surface area contributed by atoms with Crippen molar-refractivity contribution in [3.8, 4) is 11.1 Å². The number of hydrogen-bond donors (Lipinski definition) is 2. The van der Waals surface area contributed by atoms with Crippen LogP contribution in [-0.2, 0) is 13.5 Å². The van der Waals surface area contributed by atoms with Crippen LogP contribution in [0.25, 0.3) is 21.3 Å². The Morgan fingerprint density at radius 2 is 1.97 bits per heavy atom. The Bertz CT molecular complexity index is 1320. The third-order valence-electron chi connectivity index (χ3n) is 5.08. The molecule has 0 aliphatic rings. The van der Waals surface area contributed by atoms with Gasteiger partial charge in [-0.1, -0.05) is 35.9 Å². The number of fused-ring (bicyclic) bond motifs is 1. The molecule has 0 atom stereocenters. The first-order valence-corrected chi connectivity index (χ1v) is 10.6. The third-order valence-corrected chi connectivity index (χ3v) is 6.17. The van der Waals surface area contributed by atoms with E-state index in [2.05, 4.69) is 22.5 Å². The summed E-state index contributed by atoms with van der Waals surface area (Å²) in [4.78, 5) is 30.9. The lowest BCUT2D eigenvalue weighted by molar-refractivity contribution is -0.739. The van der Waals surface area contributed by atoms with Crippen LogP contribution in [0.3, 0.4) is 0 Å². The van der Waals surface area contributed by atoms with E-state index in [-0.39, 0.29) is 17.4 Å². The van der Waals surface area contributed by atoms with Gasteiger partial charge in [-0.2, -0.15) is 0 Å². The molecule has 3 aromatic heterocycles. The van der Waals surface area contributed by atoms with Crippen LogP contribution in [-0.4, -0.2) is 21.9 Å². The Morgan fingerprint density at radius 3 is 2.55 bits per heavy atom. The Kier molecular flexibility index (Phi) is 5.28. The Labute approximate surface area is 182 Å². The van der Waals surface area contributed by atoms with Crippen molar-refractivity contribution in [2.45, 2.75) is 27.2 Å². The highest BCUT2D eigenvalue weighted by atomic mass is 32.1. The molecule has 0 bridgehead atoms. The van der Waals surface area contributed by atoms with Gasteiger partial charge in [0.15, 0.2) is 18.1 Å². The van der Waals surface area contributed by atoms with Gasteiger partial charge >= 0.3 is 5.88 Å². The lowest BCUT2D eigenvalue weighted by atomic mass is 9.92. The fourth-order valence-electron chi connectivity index (χ4n) is 3.61. The first-order valence-electron chi connectivity index (χ1n) is 9.77. The van der Waals surface area contributed by atoms with Gasteiger partial charge in [0.05, 0.1) is 11.4 Å². The number of pyridine rings is 1. The zero-order valence-corrected chi connectivity index (χ0v) is 18.5. The molecule has 0 aliphatic heterocycles. The number of nitrogens with zero attached hydrogens (tertiary/aromatic N) is 3. The van der Waals surface area contributed by atoms with Gasteiger partial charge in [-0.15, -0.1) is 11.3 Å². The van der Waals surface area contributed by atoms with E-state index in [0.717, 1.165) is 12.0 Å². The van der Waals surface area contributed by atoms with Crippen molar-refractivity contribution in [3.05, 3.63) is 52.2 Å². The maximum absolute atomic E-state index is 12.9. The van der Waals surface area contributed by atoms with Gasteiger partial charge < -0.3 is 5.73 Å². The number of nitrogen functional groups attached to an aromatic ring is 1. The van der Waals surface area contributed by atoms with Gasteiger partial charge in [0.2, 0.25) is 0 Å². The number of benzene rings is 1. The molecule has 0 saturated carbocycles. The molecule has 8 nitrogen and oxygen atoms in total. The molecular formula is C22H22N5O3S+. The Balaban J connectivity index is 1.92. The number of anilines is 2. The molecule has 0 spiro atoms. The standard InChI is InChI=1S/C22H21N5O3S/c1-5-13-6-8-14(9-7-13)17-16(12(3)28)11(2)24-22-18(17)19(23)20(31-22)21(29)25-15-10-27(4)26-30-15/h6-10H,5H2,1-4H3,(H2-,23,25,26,29)/p+1. The highest BCUT2D eigenvalue weighted by Gasteiger charge is 2.26. The number of Topliss-reactive ketones (excluding diaryl/α,β-unsaturated/α-hetero) is 1. The summed E-state index contributed by atoms with van der Waals surface area (Å²) in [5.74, 6) is -0.327. The molecule has 1 aromatic carbocycles. The summed E-state index contributed by atoms with van der Waals surface area (Å²) in [6.07, 6.45) is 2.45. The van der Waals surface area contributed by atoms with E-state index in [1.807, 2.05) is 24.3 Å². The van der Waals surface area contributed by atoms with Crippen LogP contribution in [0, 0.1) is 6.92 Å². The van der Waals surface area contributed by atoms with Crippen molar-refractivity contribution in [2.24, 2.45) is 7.05 Å². The molecule has 1 amide bonds. The molecule has 3 N–H and O–H groups in total. The molecule has 9 heteroatoms. The van der Waals surface area contributed by atoms with Gasteiger partial charge in [0.25, 0.3) is 12.1 Å². The summed E-state index contributed by atoms with van der Waals surface area (Å²) in [6, 6.07) is 8.01. The summed E-state index contributed by atoms with van der Waals surface area (Å²) in [6.45, 7) is 5.39. The normalized spacial score (nSPS) is 11.1. The van der Waals surface area contributed by atoms with E-state index in [1.54, 1.807) is 20.2 Å². The zero-order valence-electron chi connectivity index (χ0n) is 17.6. The average molecular weight is 437 g/mol. The van der Waals surface area contributed by atoms with Crippen LogP contribution < -0.4 is 15.7 Å². The zero-order chi connectivity index (χ0) is 22.3. The fraction of sp³-hybridized carbons (Fsp3) is 0.227. The Hall–Kier alpha value is -3.59. The quantitative estimate of drug-likeness (QED) is 0.364. The van der Waals surface area contributed by atoms with Crippen molar-refractivity contribution in [3.63, 3.8) is 0 Å². The van der Waals surface area contributed by atoms with E-state index in [0.29, 0.717) is 31.9 Å². The molecule has 3 heterocycles. The number of hydrogen-bond acceptors (Lipinski definition) is 7. The van der Waals surface area contributed by atoms with Crippen LogP contribution in [0.5, 0.6) is 0 Å². The summed E-state index contributed by atoms with van der Waals surface area (Å²) in [5, 5.41) is 6.95. The number of amides is 1. The summed E-state index contributed by atoms with van der Waals surface area (Å²) in [7, 11) is 1.68. The topological polar surface area (TPSA) is 115 Å². The predicted octanol–water partition coefficient (Wildman–Crippen LogP) is 3.68. The van der Waals surface area contributed by atoms with Crippen molar-refractivity contribution < 1.29 is 18.8 Å². The SMILES string of the molecule is CCc1ccc(-c2c(C(C)=O)c(C)nc3sc(C(=O)Nc4c[n+](C)no4)c(N)c23)cc1. The highest BCUT2D eigenvalue weighted by molar-refractivity contribution is 7.21. The van der Waals surface area contributed by atoms with Gasteiger partial charge in [-0.25, -0.2) is 4.98 Å². The lowest BCUT2D eigenvalue weighted by Gasteiger charge is -2.13. The van der Waals surface area contributed by atoms with Crippen LogP contribution in [0.4, 0.5) is 11.6 Å². The minimum atomic E-state index is -0.424. The number of nitrogens with one attached hydrogen (secondary N) is 1. The number of aromatic nitrogens is 3. The van der Waals surface area contributed by atoms with Crippen molar-refractivity contribution in [1.29, 1.82) is 0 Å². The molecule has 4 rings (SSSR count). The van der Waals surface area contributed by atoms with E-state index in [9.17, 15) is 9.59 Å². The maximum Gasteiger partial charge on any atom is 0.302 e. The largest absolute Gasteiger partial charge is 0.397 e. The Morgan fingerprint density at radius 1 is 1.26 bits per heavy atom. The molecule has 0 radical (unpaired) electrons. The predicted molar refractivity (Wildman–Crippen MR) is 119 cm³/mol. The summed E-state index contributed by atoms with van der Waals surface area (Å²) < 4.78 is 6.48. The maximum atomic E-state index is 12.9. The first-order chi connectivity index (χ1) is 14.8. The van der Waals surface area contributed by atoms with E-state index in [1.165, 1.54) is 28.5 Å². The van der Waals surface area contributed by atoms with Gasteiger partial charge in [-0.3, -0.25) is 19.4 Å². The molecule has 158 valence electrons. The summed E-state index contributed by atoms with van der Waals surface area (Å²) >= 11 is 1.18. The highest BCUT2D eigenvalue weighted by Crippen LogP contribution is 2.42. The van der Waals surface area contributed by atoms with Crippen molar-refractivity contribution >= 4 is 44.8 Å². The second-order valence-electron chi connectivity index (χ2n) is 7.27. The lowest BCUT2D eigenvalue weighted by Crippen LogP contribution is -2.28. The molecule has 4 aromatic rings. The minimum Gasteiger partial charge on any atom is -0.397 e. The number of aryl methyl sites for hydroxylation is 3. The van der Waals surface area contributed by atoms with E-state index < -0.39 is 5.91 Å². The minimum absolute atomic E-state index is 0.104. The number of rotatable bonds is 5. The van der Waals surface area contributed by atoms with Gasteiger partial charge in [0, 0.05) is 16.5 Å². The summed E-state index contributed by atoms with van der Waals surface area (Å²) in [5.41, 5.74) is 10.6. The van der Waals surface area contributed by atoms with Gasteiger partial charge in [-0.05, 0) is 31.4 Å². The van der Waals surface area contributed by atoms with Crippen molar-refractivity contribution in [1.82, 2.24) is 10.3 Å². The van der Waals surface area contributed by atoms with E-state index in [4.69, 9.17) is 10.3 Å². The molecule has 0 aliphatic carbocycles. The number of nitrogens with two attached hydrogens (primary N) is 1.